The van der Waals surface area contributed by atoms with Gasteiger partial charge >= 0.3 is 20.1 Å². The number of benzene rings is 1. The lowest BCUT2D eigenvalue weighted by atomic mass is 10.2. The molecule has 1 aromatic rings. The minimum absolute atomic E-state index is 0.138. The molecule has 0 saturated carbocycles. The highest BCUT2D eigenvalue weighted by Gasteiger charge is 2.50. The SMILES string of the molecule is COP(=O)(OC)C(Cl)c1ccc2c(c1)OC(F)(F)C(F)O2. The van der Waals surface area contributed by atoms with Crippen molar-refractivity contribution in [2.24, 2.45) is 0 Å². The summed E-state index contributed by atoms with van der Waals surface area (Å²) < 4.78 is 69.5. The highest BCUT2D eigenvalue weighted by atomic mass is 35.5. The molecule has 0 radical (unpaired) electrons. The van der Waals surface area contributed by atoms with E-state index in [0.717, 1.165) is 20.3 Å². The second-order valence-corrected chi connectivity index (χ2v) is 7.11. The Hall–Kier alpha value is -0.950. The summed E-state index contributed by atoms with van der Waals surface area (Å²) in [4.78, 5) is 0. The number of hydrogen-bond acceptors (Lipinski definition) is 5. The summed E-state index contributed by atoms with van der Waals surface area (Å²) in [7, 11) is -1.39. The number of ether oxygens (including phenoxy) is 2. The molecule has 1 aromatic carbocycles. The van der Waals surface area contributed by atoms with Gasteiger partial charge in [-0.15, -0.1) is 11.6 Å². The molecule has 0 bridgehead atoms. The van der Waals surface area contributed by atoms with E-state index in [4.69, 9.17) is 20.6 Å². The summed E-state index contributed by atoms with van der Waals surface area (Å²) in [5.74, 6) is -0.637. The molecular formula is C11H11ClF3O5P. The fourth-order valence-electron chi connectivity index (χ4n) is 1.67. The Morgan fingerprint density at radius 3 is 2.52 bits per heavy atom. The molecule has 0 N–H and O–H groups in total. The van der Waals surface area contributed by atoms with Crippen LogP contribution in [-0.2, 0) is 13.6 Å². The summed E-state index contributed by atoms with van der Waals surface area (Å²) in [6, 6.07) is 3.57. The number of halogens is 4. The Morgan fingerprint density at radius 2 is 1.95 bits per heavy atom. The lowest BCUT2D eigenvalue weighted by molar-refractivity contribution is -0.281. The van der Waals surface area contributed by atoms with Crippen LogP contribution in [0.3, 0.4) is 0 Å². The monoisotopic (exact) mass is 346 g/mol. The summed E-state index contributed by atoms with van der Waals surface area (Å²) in [6.07, 6.45) is -7.04. The maximum atomic E-state index is 13.1. The summed E-state index contributed by atoms with van der Waals surface area (Å²) >= 11 is 5.98. The van der Waals surface area contributed by atoms with Crippen LogP contribution in [0.1, 0.15) is 10.7 Å². The lowest BCUT2D eigenvalue weighted by Crippen LogP contribution is -2.43. The van der Waals surface area contributed by atoms with Gasteiger partial charge in [-0.1, -0.05) is 6.07 Å². The van der Waals surface area contributed by atoms with Gasteiger partial charge in [-0.25, -0.2) is 0 Å². The van der Waals surface area contributed by atoms with Gasteiger partial charge in [-0.3, -0.25) is 4.57 Å². The molecule has 0 spiro atoms. The minimum atomic E-state index is -4.13. The Bertz CT molecular complexity index is 577. The molecule has 0 amide bonds. The quantitative estimate of drug-likeness (QED) is 0.607. The predicted molar refractivity (Wildman–Crippen MR) is 67.8 cm³/mol. The van der Waals surface area contributed by atoms with E-state index in [0.29, 0.717) is 0 Å². The molecule has 10 heteroatoms. The van der Waals surface area contributed by atoms with Gasteiger partial charge in [0.25, 0.3) is 0 Å². The smallest absolute Gasteiger partial charge is 0.447 e. The van der Waals surface area contributed by atoms with Crippen molar-refractivity contribution in [2.75, 3.05) is 14.2 Å². The van der Waals surface area contributed by atoms with E-state index in [1.165, 1.54) is 12.1 Å². The topological polar surface area (TPSA) is 54.0 Å². The van der Waals surface area contributed by atoms with Crippen LogP contribution in [0.25, 0.3) is 0 Å². The lowest BCUT2D eigenvalue weighted by Gasteiger charge is -2.29. The van der Waals surface area contributed by atoms with Crippen LogP contribution in [0.4, 0.5) is 13.2 Å². The van der Waals surface area contributed by atoms with Crippen LogP contribution in [-0.4, -0.2) is 26.7 Å². The Morgan fingerprint density at radius 1 is 1.33 bits per heavy atom. The van der Waals surface area contributed by atoms with Gasteiger partial charge in [0.15, 0.2) is 16.6 Å². The maximum Gasteiger partial charge on any atom is 0.468 e. The first-order chi connectivity index (χ1) is 9.73. The molecule has 0 fully saturated rings. The largest absolute Gasteiger partial charge is 0.468 e. The summed E-state index contributed by atoms with van der Waals surface area (Å²) in [5.41, 5.74) is 0.138. The van der Waals surface area contributed by atoms with Gasteiger partial charge in [0, 0.05) is 14.2 Å². The normalized spacial score (nSPS) is 21.9. The second-order valence-electron chi connectivity index (χ2n) is 4.04. The average Bonchev–Trinajstić information content (AvgIpc) is 2.46. The van der Waals surface area contributed by atoms with Crippen LogP contribution < -0.4 is 9.47 Å². The second kappa shape index (κ2) is 5.68. The molecule has 0 aromatic heterocycles. The van der Waals surface area contributed by atoms with Gasteiger partial charge in [0.05, 0.1) is 0 Å². The van der Waals surface area contributed by atoms with E-state index >= 15 is 0 Å². The first kappa shape index (κ1) is 16.4. The number of fused-ring (bicyclic) bond motifs is 1. The summed E-state index contributed by atoms with van der Waals surface area (Å²) in [6.45, 7) is 0. The number of rotatable bonds is 4. The van der Waals surface area contributed by atoms with Gasteiger partial charge in [-0.05, 0) is 17.7 Å². The predicted octanol–water partition coefficient (Wildman–Crippen LogP) is 4.07. The standard InChI is InChI=1S/C11H11ClF3O5P/c1-17-21(16,18-2)9(12)6-3-4-7-8(5-6)20-11(14,15)10(13)19-7/h3-5,9-10H,1-2H3. The Balaban J connectivity index is 2.36. The van der Waals surface area contributed by atoms with E-state index in [9.17, 15) is 17.7 Å². The third-order valence-corrected chi connectivity index (χ3v) is 5.61. The van der Waals surface area contributed by atoms with Crippen molar-refractivity contribution in [3.8, 4) is 11.5 Å². The van der Waals surface area contributed by atoms with E-state index in [1.807, 2.05) is 0 Å². The highest BCUT2D eigenvalue weighted by molar-refractivity contribution is 7.56. The molecule has 1 aliphatic rings. The number of alkyl halides is 4. The molecular weight excluding hydrogens is 336 g/mol. The molecule has 2 atom stereocenters. The first-order valence-electron chi connectivity index (χ1n) is 5.60. The first-order valence-corrected chi connectivity index (χ1v) is 7.65. The fraction of sp³-hybridized carbons (Fsp3) is 0.455. The maximum absolute atomic E-state index is 13.1. The van der Waals surface area contributed by atoms with Crippen LogP contribution >= 0.6 is 19.2 Å². The van der Waals surface area contributed by atoms with Crippen LogP contribution in [0.2, 0.25) is 0 Å². The van der Waals surface area contributed by atoms with Gasteiger partial charge in [0.2, 0.25) is 0 Å². The molecule has 2 rings (SSSR count). The van der Waals surface area contributed by atoms with Crippen LogP contribution in [0.15, 0.2) is 18.2 Å². The summed E-state index contributed by atoms with van der Waals surface area (Å²) in [5, 5.41) is -1.25. The average molecular weight is 347 g/mol. The van der Waals surface area contributed by atoms with Crippen molar-refractivity contribution in [3.63, 3.8) is 0 Å². The number of hydrogen-bond donors (Lipinski definition) is 0. The van der Waals surface area contributed by atoms with Crippen molar-refractivity contribution in [1.82, 2.24) is 0 Å². The van der Waals surface area contributed by atoms with Crippen LogP contribution in [0, 0.1) is 0 Å². The van der Waals surface area contributed by atoms with E-state index in [1.54, 1.807) is 0 Å². The molecule has 1 aliphatic heterocycles. The fourth-order valence-corrected chi connectivity index (χ4v) is 3.32. The Kier molecular flexibility index (Phi) is 4.44. The minimum Gasteiger partial charge on any atom is -0.447 e. The van der Waals surface area contributed by atoms with Crippen molar-refractivity contribution in [3.05, 3.63) is 23.8 Å². The van der Waals surface area contributed by atoms with Gasteiger partial charge < -0.3 is 18.5 Å². The van der Waals surface area contributed by atoms with E-state index < -0.39 is 30.9 Å². The van der Waals surface area contributed by atoms with Crippen molar-refractivity contribution in [1.29, 1.82) is 0 Å². The molecule has 0 saturated heterocycles. The van der Waals surface area contributed by atoms with Crippen molar-refractivity contribution in [2.45, 2.75) is 17.6 Å². The van der Waals surface area contributed by atoms with E-state index in [2.05, 4.69) is 9.47 Å². The van der Waals surface area contributed by atoms with Crippen molar-refractivity contribution >= 4 is 19.2 Å². The van der Waals surface area contributed by atoms with Crippen LogP contribution in [0.5, 0.6) is 11.5 Å². The van der Waals surface area contributed by atoms with Gasteiger partial charge in [-0.2, -0.15) is 13.2 Å². The zero-order valence-electron chi connectivity index (χ0n) is 10.9. The third-order valence-electron chi connectivity index (χ3n) is 2.77. The molecule has 1 heterocycles. The van der Waals surface area contributed by atoms with E-state index in [-0.39, 0.29) is 11.3 Å². The zero-order valence-corrected chi connectivity index (χ0v) is 12.5. The third kappa shape index (κ3) is 2.99. The zero-order chi connectivity index (χ0) is 15.8. The molecule has 5 nitrogen and oxygen atoms in total. The van der Waals surface area contributed by atoms with Crippen molar-refractivity contribution < 1.29 is 36.3 Å². The Labute approximate surface area is 123 Å². The molecule has 2 unspecified atom stereocenters. The molecule has 0 aliphatic carbocycles. The molecule has 21 heavy (non-hydrogen) atoms. The highest BCUT2D eigenvalue weighted by Crippen LogP contribution is 2.62. The van der Waals surface area contributed by atoms with Gasteiger partial charge in [0.1, 0.15) is 0 Å². The molecule has 118 valence electrons.